The number of aryl methyl sites for hydroxylation is 2. The fourth-order valence-corrected chi connectivity index (χ4v) is 3.65. The smallest absolute Gasteiger partial charge is 0.259 e. The largest absolute Gasteiger partial charge is 0.497 e. The molecule has 2 aromatic heterocycles. The fourth-order valence-electron chi connectivity index (χ4n) is 3.65. The van der Waals surface area contributed by atoms with E-state index in [9.17, 15) is 9.59 Å². The number of hydrogen-bond acceptors (Lipinski definition) is 6. The lowest BCUT2D eigenvalue weighted by Gasteiger charge is -2.14. The van der Waals surface area contributed by atoms with E-state index in [0.717, 1.165) is 27.8 Å². The minimum absolute atomic E-state index is 0.0561. The van der Waals surface area contributed by atoms with E-state index in [1.54, 1.807) is 13.2 Å². The molecule has 0 bridgehead atoms. The molecule has 0 fully saturated rings. The van der Waals surface area contributed by atoms with Gasteiger partial charge in [0.15, 0.2) is 0 Å². The van der Waals surface area contributed by atoms with Crippen LogP contribution in [-0.2, 0) is 11.2 Å². The number of carbonyl (C=O) groups is 1. The molecular formula is C25H26N4O4. The van der Waals surface area contributed by atoms with Crippen molar-refractivity contribution in [3.8, 4) is 17.1 Å². The van der Waals surface area contributed by atoms with Crippen molar-refractivity contribution in [2.75, 3.05) is 7.11 Å². The average Bonchev–Trinajstić information content (AvgIpc) is 3.27. The Bertz CT molecular complexity index is 1320. The molecule has 8 heteroatoms. The van der Waals surface area contributed by atoms with Crippen LogP contribution < -0.4 is 15.6 Å². The third-order valence-electron chi connectivity index (χ3n) is 5.50. The van der Waals surface area contributed by atoms with Gasteiger partial charge in [-0.05, 0) is 61.5 Å². The molecule has 4 rings (SSSR count). The van der Waals surface area contributed by atoms with Crippen molar-refractivity contribution in [2.24, 2.45) is 0 Å². The molecule has 1 amide bonds. The second-order valence-corrected chi connectivity index (χ2v) is 8.03. The van der Waals surface area contributed by atoms with Crippen molar-refractivity contribution >= 4 is 16.8 Å². The number of aromatic nitrogens is 3. The Labute approximate surface area is 191 Å². The number of ether oxygens (including phenoxy) is 1. The molecular weight excluding hydrogens is 420 g/mol. The van der Waals surface area contributed by atoms with Gasteiger partial charge < -0.3 is 19.6 Å². The Kier molecular flexibility index (Phi) is 6.53. The quantitative estimate of drug-likeness (QED) is 0.422. The number of benzene rings is 2. The minimum atomic E-state index is -0.273. The number of methoxy groups -OCH3 is 1. The van der Waals surface area contributed by atoms with Gasteiger partial charge in [0.1, 0.15) is 5.75 Å². The zero-order valence-electron chi connectivity index (χ0n) is 18.8. The lowest BCUT2D eigenvalue weighted by atomic mass is 10.1. The molecule has 8 nitrogen and oxygen atoms in total. The van der Waals surface area contributed by atoms with Gasteiger partial charge in [0.05, 0.1) is 18.7 Å². The molecule has 4 aromatic rings. The van der Waals surface area contributed by atoms with E-state index in [0.29, 0.717) is 30.7 Å². The van der Waals surface area contributed by atoms with Crippen molar-refractivity contribution in [1.82, 2.24) is 20.4 Å². The molecule has 0 aliphatic rings. The van der Waals surface area contributed by atoms with Crippen LogP contribution in [0.2, 0.25) is 0 Å². The van der Waals surface area contributed by atoms with E-state index >= 15 is 0 Å². The summed E-state index contributed by atoms with van der Waals surface area (Å²) in [5.41, 5.74) is 2.93. The van der Waals surface area contributed by atoms with Crippen LogP contribution in [-0.4, -0.2) is 28.1 Å². The maximum absolute atomic E-state index is 12.4. The van der Waals surface area contributed by atoms with Gasteiger partial charge in [-0.2, -0.15) is 4.98 Å². The van der Waals surface area contributed by atoms with Gasteiger partial charge in [0.25, 0.3) is 5.56 Å². The van der Waals surface area contributed by atoms with Crippen molar-refractivity contribution in [3.63, 3.8) is 0 Å². The molecule has 2 aromatic carbocycles. The Morgan fingerprint density at radius 3 is 2.73 bits per heavy atom. The first-order valence-electron chi connectivity index (χ1n) is 10.8. The van der Waals surface area contributed by atoms with Crippen LogP contribution in [0.15, 0.2) is 57.8 Å². The Morgan fingerprint density at radius 2 is 1.97 bits per heavy atom. The summed E-state index contributed by atoms with van der Waals surface area (Å²) in [5.74, 6) is 1.35. The number of H-pyrrole nitrogens is 1. The molecule has 0 aliphatic heterocycles. The van der Waals surface area contributed by atoms with Crippen LogP contribution in [0.4, 0.5) is 0 Å². The lowest BCUT2D eigenvalue weighted by Crippen LogP contribution is -2.26. The minimum Gasteiger partial charge on any atom is -0.497 e. The van der Waals surface area contributed by atoms with Crippen LogP contribution >= 0.6 is 0 Å². The lowest BCUT2D eigenvalue weighted by molar-refractivity contribution is -0.121. The summed E-state index contributed by atoms with van der Waals surface area (Å²) in [6, 6.07) is 15.1. The number of rotatable bonds is 8. The van der Waals surface area contributed by atoms with E-state index in [1.165, 1.54) is 0 Å². The monoisotopic (exact) mass is 446 g/mol. The van der Waals surface area contributed by atoms with E-state index < -0.39 is 0 Å². The standard InChI is InChI=1S/C25H26N4O4/c1-15-7-12-21-18(13-15)14-20(25(31)27-21)24-28-23(33-29-24)6-4-5-22(30)26-16(2)17-8-10-19(32-3)11-9-17/h7-14,16H,4-6H2,1-3H3,(H,26,30)(H,27,31)/t16-/m1/s1. The van der Waals surface area contributed by atoms with E-state index in [4.69, 9.17) is 9.26 Å². The maximum atomic E-state index is 12.4. The molecule has 0 unspecified atom stereocenters. The molecule has 2 N–H and O–H groups in total. The Hall–Kier alpha value is -3.94. The van der Waals surface area contributed by atoms with Crippen LogP contribution in [0.5, 0.6) is 5.75 Å². The van der Waals surface area contributed by atoms with E-state index in [-0.39, 0.29) is 23.3 Å². The van der Waals surface area contributed by atoms with Crippen LogP contribution in [0.1, 0.15) is 42.8 Å². The third-order valence-corrected chi connectivity index (χ3v) is 5.50. The van der Waals surface area contributed by atoms with Crippen molar-refractivity contribution in [2.45, 2.75) is 39.2 Å². The van der Waals surface area contributed by atoms with Gasteiger partial charge in [0.2, 0.25) is 17.6 Å². The molecule has 0 saturated heterocycles. The number of amides is 1. The van der Waals surface area contributed by atoms with Gasteiger partial charge in [-0.25, -0.2) is 0 Å². The van der Waals surface area contributed by atoms with Crippen LogP contribution in [0.25, 0.3) is 22.3 Å². The molecule has 170 valence electrons. The summed E-state index contributed by atoms with van der Waals surface area (Å²) >= 11 is 0. The highest BCUT2D eigenvalue weighted by molar-refractivity contribution is 5.82. The average molecular weight is 447 g/mol. The summed E-state index contributed by atoms with van der Waals surface area (Å²) in [5, 5.41) is 7.85. The number of carbonyl (C=O) groups excluding carboxylic acids is 1. The van der Waals surface area contributed by atoms with Gasteiger partial charge >= 0.3 is 0 Å². The molecule has 2 heterocycles. The number of pyridine rings is 1. The summed E-state index contributed by atoms with van der Waals surface area (Å²) in [6.07, 6.45) is 1.33. The third kappa shape index (κ3) is 5.28. The van der Waals surface area contributed by atoms with Crippen molar-refractivity contribution < 1.29 is 14.1 Å². The molecule has 0 aliphatic carbocycles. The van der Waals surface area contributed by atoms with Gasteiger partial charge in [-0.3, -0.25) is 9.59 Å². The zero-order valence-corrected chi connectivity index (χ0v) is 18.8. The fraction of sp³-hybridized carbons (Fsp3) is 0.280. The van der Waals surface area contributed by atoms with Gasteiger partial charge in [-0.15, -0.1) is 0 Å². The highest BCUT2D eigenvalue weighted by Crippen LogP contribution is 2.20. The number of nitrogens with one attached hydrogen (secondary N) is 2. The van der Waals surface area contributed by atoms with Crippen molar-refractivity contribution in [3.05, 3.63) is 75.9 Å². The number of fused-ring (bicyclic) bond motifs is 1. The Morgan fingerprint density at radius 1 is 1.18 bits per heavy atom. The normalized spacial score (nSPS) is 12.0. The second kappa shape index (κ2) is 9.68. The number of hydrogen-bond donors (Lipinski definition) is 2. The highest BCUT2D eigenvalue weighted by Gasteiger charge is 2.15. The van der Waals surface area contributed by atoms with E-state index in [2.05, 4.69) is 20.4 Å². The topological polar surface area (TPSA) is 110 Å². The zero-order chi connectivity index (χ0) is 23.4. The summed E-state index contributed by atoms with van der Waals surface area (Å²) in [6.45, 7) is 3.93. The summed E-state index contributed by atoms with van der Waals surface area (Å²) in [7, 11) is 1.62. The summed E-state index contributed by atoms with van der Waals surface area (Å²) in [4.78, 5) is 32.0. The van der Waals surface area contributed by atoms with Crippen molar-refractivity contribution in [1.29, 1.82) is 0 Å². The first kappa shape index (κ1) is 22.3. The predicted molar refractivity (Wildman–Crippen MR) is 125 cm³/mol. The van der Waals surface area contributed by atoms with Gasteiger partial charge in [-0.1, -0.05) is 28.9 Å². The predicted octanol–water partition coefficient (Wildman–Crippen LogP) is 4.10. The maximum Gasteiger partial charge on any atom is 0.259 e. The molecule has 0 spiro atoms. The van der Waals surface area contributed by atoms with E-state index in [1.807, 2.05) is 56.3 Å². The molecule has 0 radical (unpaired) electrons. The first-order chi connectivity index (χ1) is 15.9. The summed E-state index contributed by atoms with van der Waals surface area (Å²) < 4.78 is 10.5. The molecule has 0 saturated carbocycles. The molecule has 33 heavy (non-hydrogen) atoms. The first-order valence-corrected chi connectivity index (χ1v) is 10.8. The van der Waals surface area contributed by atoms with Crippen LogP contribution in [0.3, 0.4) is 0 Å². The SMILES string of the molecule is COc1ccc([C@@H](C)NC(=O)CCCc2nc(-c3cc4cc(C)ccc4[nH]c3=O)no2)cc1. The number of aromatic amines is 1. The highest BCUT2D eigenvalue weighted by atomic mass is 16.5. The Balaban J connectivity index is 1.33. The number of nitrogens with zero attached hydrogens (tertiary/aromatic N) is 2. The molecule has 1 atom stereocenters. The van der Waals surface area contributed by atoms with Gasteiger partial charge in [0, 0.05) is 18.4 Å². The van der Waals surface area contributed by atoms with Crippen LogP contribution in [0, 0.1) is 6.92 Å². The second-order valence-electron chi connectivity index (χ2n) is 8.03.